The maximum absolute atomic E-state index is 12.7. The van der Waals surface area contributed by atoms with Gasteiger partial charge in [-0.05, 0) is 49.4 Å². The number of aromatic nitrogens is 2. The zero-order valence-electron chi connectivity index (χ0n) is 16.9. The third-order valence-electron chi connectivity index (χ3n) is 5.51. The number of benzene rings is 2. The van der Waals surface area contributed by atoms with Crippen molar-refractivity contribution in [2.45, 2.75) is 45.3 Å². The second kappa shape index (κ2) is 8.11. The quantitative estimate of drug-likeness (QED) is 0.432. The monoisotopic (exact) mass is 390 g/mol. The molecule has 0 unspecified atom stereocenters. The van der Waals surface area contributed by atoms with Gasteiger partial charge in [0.25, 0.3) is 0 Å². The molecule has 1 aromatic heterocycles. The predicted octanol–water partition coefficient (Wildman–Crippen LogP) is 4.74. The Labute approximate surface area is 171 Å². The first-order valence-corrected chi connectivity index (χ1v) is 10.0. The second-order valence-corrected chi connectivity index (χ2v) is 7.93. The maximum Gasteiger partial charge on any atom is 0.315 e. The number of hydrogen-bond acceptors (Lipinski definition) is 4. The summed E-state index contributed by atoms with van der Waals surface area (Å²) in [5.41, 5.74) is 3.61. The molecule has 0 radical (unpaired) electrons. The van der Waals surface area contributed by atoms with Gasteiger partial charge in [0.1, 0.15) is 12.4 Å². The van der Waals surface area contributed by atoms with Gasteiger partial charge in [0.2, 0.25) is 0 Å². The molecule has 5 heteroatoms. The molecular formula is C24H26N2O3. The Balaban J connectivity index is 1.39. The van der Waals surface area contributed by atoms with Crippen molar-refractivity contribution in [2.24, 2.45) is 0 Å². The number of aryl methyl sites for hydroxylation is 1. The Kier molecular flexibility index (Phi) is 5.38. The van der Waals surface area contributed by atoms with E-state index in [4.69, 9.17) is 9.47 Å². The lowest BCUT2D eigenvalue weighted by molar-refractivity contribution is -0.149. The van der Waals surface area contributed by atoms with E-state index in [1.165, 1.54) is 11.1 Å². The second-order valence-electron chi connectivity index (χ2n) is 7.93. The summed E-state index contributed by atoms with van der Waals surface area (Å²) in [6.45, 7) is 5.66. The molecule has 2 heterocycles. The number of carbonyl (C=O) groups excluding carboxylic acids is 1. The minimum absolute atomic E-state index is 0.212. The van der Waals surface area contributed by atoms with Crippen molar-refractivity contribution in [3.63, 3.8) is 0 Å². The van der Waals surface area contributed by atoms with Crippen LogP contribution in [0.15, 0.2) is 61.2 Å². The summed E-state index contributed by atoms with van der Waals surface area (Å²) in [5, 5.41) is 0. The lowest BCUT2D eigenvalue weighted by Gasteiger charge is -2.26. The zero-order valence-corrected chi connectivity index (χ0v) is 16.9. The fourth-order valence-electron chi connectivity index (χ4n) is 3.60. The summed E-state index contributed by atoms with van der Waals surface area (Å²) in [6.07, 6.45) is 7.26. The van der Waals surface area contributed by atoms with Crippen LogP contribution in [0.5, 0.6) is 5.75 Å². The zero-order chi connectivity index (χ0) is 20.3. The van der Waals surface area contributed by atoms with E-state index in [9.17, 15) is 4.79 Å². The minimum atomic E-state index is -0.736. The fraction of sp³-hybridized carbons (Fsp3) is 0.333. The SMILES string of the molecule is CC(C)(C(=O)OCCCCn1ccnc1)c1ccc2c(c1)OCc1ccccc1-2. The van der Waals surface area contributed by atoms with Crippen LogP contribution in [-0.2, 0) is 28.1 Å². The van der Waals surface area contributed by atoms with Crippen molar-refractivity contribution in [1.29, 1.82) is 0 Å². The van der Waals surface area contributed by atoms with Gasteiger partial charge in [-0.25, -0.2) is 4.98 Å². The molecule has 2 aromatic carbocycles. The number of hydrogen-bond donors (Lipinski definition) is 0. The largest absolute Gasteiger partial charge is 0.488 e. The molecule has 0 atom stereocenters. The molecule has 0 fully saturated rings. The molecule has 5 nitrogen and oxygen atoms in total. The molecule has 0 bridgehead atoms. The molecule has 0 aliphatic carbocycles. The van der Waals surface area contributed by atoms with Crippen LogP contribution in [0.2, 0.25) is 0 Å². The first-order valence-electron chi connectivity index (χ1n) is 10.0. The van der Waals surface area contributed by atoms with Gasteiger partial charge in [-0.2, -0.15) is 0 Å². The highest BCUT2D eigenvalue weighted by molar-refractivity contribution is 5.83. The minimum Gasteiger partial charge on any atom is -0.488 e. The molecule has 150 valence electrons. The van der Waals surface area contributed by atoms with Gasteiger partial charge in [0.05, 0.1) is 18.3 Å². The van der Waals surface area contributed by atoms with Gasteiger partial charge >= 0.3 is 5.97 Å². The standard InChI is InChI=1S/C24H26N2O3/c1-24(2,23(27)28-14-6-5-12-26-13-11-25-17-26)19-9-10-21-20-8-4-3-7-18(20)16-29-22(21)15-19/h3-4,7-11,13,15,17H,5-6,12,14,16H2,1-2H3. The van der Waals surface area contributed by atoms with Crippen molar-refractivity contribution in [1.82, 2.24) is 9.55 Å². The van der Waals surface area contributed by atoms with Crippen molar-refractivity contribution in [3.05, 3.63) is 72.3 Å². The van der Waals surface area contributed by atoms with E-state index in [0.717, 1.165) is 36.3 Å². The molecule has 29 heavy (non-hydrogen) atoms. The Bertz CT molecular complexity index is 993. The van der Waals surface area contributed by atoms with Gasteiger partial charge in [0.15, 0.2) is 0 Å². The van der Waals surface area contributed by atoms with E-state index in [0.29, 0.717) is 13.2 Å². The van der Waals surface area contributed by atoms with Crippen molar-refractivity contribution >= 4 is 5.97 Å². The molecular weight excluding hydrogens is 364 g/mol. The van der Waals surface area contributed by atoms with Gasteiger partial charge in [0, 0.05) is 24.5 Å². The van der Waals surface area contributed by atoms with E-state index in [2.05, 4.69) is 17.1 Å². The summed E-state index contributed by atoms with van der Waals surface area (Å²) < 4.78 is 13.6. The number of unbranched alkanes of at least 4 members (excludes halogenated alkanes) is 1. The summed E-state index contributed by atoms with van der Waals surface area (Å²) >= 11 is 0. The molecule has 0 amide bonds. The third kappa shape index (κ3) is 4.04. The summed E-state index contributed by atoms with van der Waals surface area (Å²) in [6, 6.07) is 14.3. The highest BCUT2D eigenvalue weighted by Gasteiger charge is 2.33. The fourth-order valence-corrected chi connectivity index (χ4v) is 3.60. The van der Waals surface area contributed by atoms with Crippen molar-refractivity contribution in [2.75, 3.05) is 6.61 Å². The molecule has 1 aliphatic rings. The Morgan fingerprint density at radius 1 is 1.17 bits per heavy atom. The molecule has 3 aromatic rings. The molecule has 0 saturated heterocycles. The number of imidazole rings is 1. The topological polar surface area (TPSA) is 53.4 Å². The van der Waals surface area contributed by atoms with Crippen LogP contribution in [0.3, 0.4) is 0 Å². The number of esters is 1. The average Bonchev–Trinajstić information content (AvgIpc) is 3.26. The van der Waals surface area contributed by atoms with Gasteiger partial charge in [-0.3, -0.25) is 4.79 Å². The van der Waals surface area contributed by atoms with E-state index < -0.39 is 5.41 Å². The summed E-state index contributed by atoms with van der Waals surface area (Å²) in [5.74, 6) is 0.610. The lowest BCUT2D eigenvalue weighted by atomic mass is 9.83. The van der Waals surface area contributed by atoms with Gasteiger partial charge in [-0.1, -0.05) is 36.4 Å². The highest BCUT2D eigenvalue weighted by Crippen LogP contribution is 2.40. The number of nitrogens with zero attached hydrogens (tertiary/aromatic N) is 2. The van der Waals surface area contributed by atoms with E-state index >= 15 is 0 Å². The van der Waals surface area contributed by atoms with Crippen LogP contribution in [-0.4, -0.2) is 22.1 Å². The molecule has 4 rings (SSSR count). The Morgan fingerprint density at radius 3 is 2.86 bits per heavy atom. The molecule has 0 saturated carbocycles. The Morgan fingerprint density at radius 2 is 2.03 bits per heavy atom. The molecule has 0 N–H and O–H groups in total. The highest BCUT2D eigenvalue weighted by atomic mass is 16.5. The number of rotatable bonds is 7. The maximum atomic E-state index is 12.7. The van der Waals surface area contributed by atoms with Gasteiger partial charge in [-0.15, -0.1) is 0 Å². The van der Waals surface area contributed by atoms with E-state index in [1.54, 1.807) is 12.5 Å². The van der Waals surface area contributed by atoms with Crippen LogP contribution in [0.25, 0.3) is 11.1 Å². The Hall–Kier alpha value is -3.08. The van der Waals surface area contributed by atoms with Crippen molar-refractivity contribution < 1.29 is 14.3 Å². The van der Waals surface area contributed by atoms with Crippen LogP contribution in [0.4, 0.5) is 0 Å². The van der Waals surface area contributed by atoms with Gasteiger partial charge < -0.3 is 14.0 Å². The molecule has 0 spiro atoms. The van der Waals surface area contributed by atoms with Crippen LogP contribution in [0, 0.1) is 0 Å². The number of ether oxygens (including phenoxy) is 2. The summed E-state index contributed by atoms with van der Waals surface area (Å²) in [7, 11) is 0. The third-order valence-corrected chi connectivity index (χ3v) is 5.51. The number of fused-ring (bicyclic) bond motifs is 3. The van der Waals surface area contributed by atoms with E-state index in [1.807, 2.05) is 54.9 Å². The first-order chi connectivity index (χ1) is 14.1. The van der Waals surface area contributed by atoms with E-state index in [-0.39, 0.29) is 5.97 Å². The predicted molar refractivity (Wildman–Crippen MR) is 112 cm³/mol. The van der Waals surface area contributed by atoms with Crippen LogP contribution in [0.1, 0.15) is 37.8 Å². The average molecular weight is 390 g/mol. The van der Waals surface area contributed by atoms with Crippen LogP contribution < -0.4 is 4.74 Å². The molecule has 1 aliphatic heterocycles. The smallest absolute Gasteiger partial charge is 0.315 e. The normalized spacial score (nSPS) is 12.6. The lowest BCUT2D eigenvalue weighted by Crippen LogP contribution is -2.31. The van der Waals surface area contributed by atoms with Crippen molar-refractivity contribution in [3.8, 4) is 16.9 Å². The summed E-state index contributed by atoms with van der Waals surface area (Å²) in [4.78, 5) is 16.8. The van der Waals surface area contributed by atoms with Crippen LogP contribution >= 0.6 is 0 Å². The number of carbonyl (C=O) groups is 1. The first kappa shape index (κ1) is 19.2.